The maximum atomic E-state index is 13.3. The van der Waals surface area contributed by atoms with Crippen LogP contribution in [-0.2, 0) is 36.9 Å². The summed E-state index contributed by atoms with van der Waals surface area (Å²) < 4.78 is 5.39. The van der Waals surface area contributed by atoms with Crippen molar-refractivity contribution in [1.29, 1.82) is 0 Å². The zero-order valence-electron chi connectivity index (χ0n) is 27.5. The van der Waals surface area contributed by atoms with Crippen molar-refractivity contribution >= 4 is 53.0 Å². The first-order chi connectivity index (χ1) is 24.0. The number of anilines is 1. The van der Waals surface area contributed by atoms with Crippen molar-refractivity contribution in [3.63, 3.8) is 0 Å². The van der Waals surface area contributed by atoms with Crippen molar-refractivity contribution < 1.29 is 33.5 Å². The molecule has 8 N–H and O–H groups in total. The summed E-state index contributed by atoms with van der Waals surface area (Å²) in [5, 5.41) is 4.63. The SMILES string of the molecule is NCCC[C@H](NC(=O)Oc1ccc(C[C@H](N)C(=O)Nc2ccccc2)cc1)C(=O)C[C@@H](CSC1CC(=O)N(Cc2ccccc2)C1=O)C(N)=O. The second-order valence-electron chi connectivity index (χ2n) is 11.9. The highest BCUT2D eigenvalue weighted by Gasteiger charge is 2.39. The summed E-state index contributed by atoms with van der Waals surface area (Å²) in [7, 11) is 0. The second-order valence-corrected chi connectivity index (χ2v) is 13.2. The summed E-state index contributed by atoms with van der Waals surface area (Å²) in [6, 6.07) is 22.7. The molecule has 0 saturated carbocycles. The van der Waals surface area contributed by atoms with Crippen LogP contribution in [0.1, 0.15) is 36.8 Å². The summed E-state index contributed by atoms with van der Waals surface area (Å²) in [6.45, 7) is 0.421. The normalized spacial score (nSPS) is 16.0. The van der Waals surface area contributed by atoms with Crippen molar-refractivity contribution in [1.82, 2.24) is 10.2 Å². The van der Waals surface area contributed by atoms with Gasteiger partial charge in [-0.15, -0.1) is 11.8 Å². The molecule has 4 atom stereocenters. The van der Waals surface area contributed by atoms with Crippen LogP contribution in [0.25, 0.3) is 0 Å². The fourth-order valence-corrected chi connectivity index (χ4v) is 6.56. The third-order valence-corrected chi connectivity index (χ3v) is 9.45. The van der Waals surface area contributed by atoms with E-state index in [9.17, 15) is 28.8 Å². The predicted octanol–water partition coefficient (Wildman–Crippen LogP) is 2.51. The number of rotatable bonds is 18. The van der Waals surface area contributed by atoms with Gasteiger partial charge in [-0.3, -0.25) is 28.9 Å². The molecule has 1 aliphatic rings. The summed E-state index contributed by atoms with van der Waals surface area (Å²) in [6.07, 6.45) is -0.320. The molecule has 0 bridgehead atoms. The molecule has 0 spiro atoms. The first-order valence-electron chi connectivity index (χ1n) is 16.2. The number of Topliss-reactive ketones (excluding diaryl/α,β-unsaturated/α-hetero) is 1. The molecule has 5 amide bonds. The zero-order chi connectivity index (χ0) is 36.0. The lowest BCUT2D eigenvalue weighted by atomic mass is 9.97. The molecule has 1 fully saturated rings. The fraction of sp³-hybridized carbons (Fsp3) is 0.333. The van der Waals surface area contributed by atoms with Crippen LogP contribution in [0.2, 0.25) is 0 Å². The van der Waals surface area contributed by atoms with Gasteiger partial charge in [-0.1, -0.05) is 60.7 Å². The smallest absolute Gasteiger partial charge is 0.410 e. The van der Waals surface area contributed by atoms with Gasteiger partial charge in [0.15, 0.2) is 5.78 Å². The number of para-hydroxylation sites is 1. The molecule has 50 heavy (non-hydrogen) atoms. The molecule has 1 saturated heterocycles. The number of ketones is 1. The Balaban J connectivity index is 1.28. The third-order valence-electron chi connectivity index (χ3n) is 8.08. The Morgan fingerprint density at radius 1 is 0.920 bits per heavy atom. The van der Waals surface area contributed by atoms with E-state index >= 15 is 0 Å². The summed E-state index contributed by atoms with van der Waals surface area (Å²) >= 11 is 1.11. The molecule has 0 aromatic heterocycles. The molecule has 4 rings (SSSR count). The van der Waals surface area contributed by atoms with Crippen LogP contribution in [0, 0.1) is 5.92 Å². The van der Waals surface area contributed by atoms with E-state index < -0.39 is 41.0 Å². The van der Waals surface area contributed by atoms with Gasteiger partial charge in [0.25, 0.3) is 0 Å². The first-order valence-corrected chi connectivity index (χ1v) is 17.3. The van der Waals surface area contributed by atoms with Gasteiger partial charge in [0.1, 0.15) is 5.75 Å². The van der Waals surface area contributed by atoms with Crippen LogP contribution in [0.15, 0.2) is 84.9 Å². The van der Waals surface area contributed by atoms with E-state index in [4.69, 9.17) is 21.9 Å². The Labute approximate surface area is 294 Å². The summed E-state index contributed by atoms with van der Waals surface area (Å²) in [5.74, 6) is -2.88. The largest absolute Gasteiger partial charge is 0.413 e. The monoisotopic (exact) mass is 702 g/mol. The number of carbonyl (C=O) groups excluding carboxylic acids is 6. The Kier molecular flexibility index (Phi) is 14.1. The number of ether oxygens (including phenoxy) is 1. The number of thioether (sulfide) groups is 1. The van der Waals surface area contributed by atoms with Crippen LogP contribution in [0.5, 0.6) is 5.75 Å². The molecule has 14 heteroatoms. The first kappa shape index (κ1) is 37.8. The summed E-state index contributed by atoms with van der Waals surface area (Å²) in [5.41, 5.74) is 19.6. The Hall–Kier alpha value is -5.05. The lowest BCUT2D eigenvalue weighted by Gasteiger charge is -2.20. The van der Waals surface area contributed by atoms with E-state index in [1.165, 1.54) is 4.90 Å². The van der Waals surface area contributed by atoms with Crippen LogP contribution in [-0.4, -0.2) is 70.0 Å². The third kappa shape index (κ3) is 11.3. The topological polar surface area (TPSA) is 217 Å². The minimum atomic E-state index is -1.01. The average Bonchev–Trinajstić information content (AvgIpc) is 3.37. The number of primary amides is 1. The molecule has 0 aliphatic carbocycles. The molecule has 1 heterocycles. The number of hydrogen-bond acceptors (Lipinski definition) is 10. The highest BCUT2D eigenvalue weighted by Crippen LogP contribution is 2.29. The number of likely N-dealkylation sites (tertiary alicyclic amines) is 1. The van der Waals surface area contributed by atoms with Gasteiger partial charge >= 0.3 is 6.09 Å². The Bertz CT molecular complexity index is 1640. The fourth-order valence-electron chi connectivity index (χ4n) is 5.29. The van der Waals surface area contributed by atoms with E-state index in [2.05, 4.69) is 10.6 Å². The molecule has 264 valence electrons. The average molecular weight is 703 g/mol. The lowest BCUT2D eigenvalue weighted by molar-refractivity contribution is -0.139. The van der Waals surface area contributed by atoms with E-state index in [0.717, 1.165) is 22.9 Å². The van der Waals surface area contributed by atoms with Gasteiger partial charge in [-0.25, -0.2) is 4.79 Å². The Morgan fingerprint density at radius 3 is 2.22 bits per heavy atom. The van der Waals surface area contributed by atoms with E-state index in [1.54, 1.807) is 48.5 Å². The highest BCUT2D eigenvalue weighted by molar-refractivity contribution is 8.00. The number of nitrogens with zero attached hydrogens (tertiary/aromatic N) is 1. The summed E-state index contributed by atoms with van der Waals surface area (Å²) in [4.78, 5) is 77.7. The van der Waals surface area contributed by atoms with Gasteiger partial charge in [0.05, 0.1) is 29.8 Å². The number of imide groups is 1. The van der Waals surface area contributed by atoms with Crippen LogP contribution < -0.4 is 32.6 Å². The number of amides is 5. The van der Waals surface area contributed by atoms with Crippen molar-refractivity contribution in [3.05, 3.63) is 96.1 Å². The zero-order valence-corrected chi connectivity index (χ0v) is 28.3. The predicted molar refractivity (Wildman–Crippen MR) is 190 cm³/mol. The van der Waals surface area contributed by atoms with Gasteiger partial charge in [-0.2, -0.15) is 0 Å². The number of carbonyl (C=O) groups is 6. The minimum Gasteiger partial charge on any atom is -0.410 e. The van der Waals surface area contributed by atoms with Crippen molar-refractivity contribution in [3.8, 4) is 5.75 Å². The minimum absolute atomic E-state index is 0.0142. The molecule has 3 aromatic carbocycles. The van der Waals surface area contributed by atoms with E-state index in [-0.39, 0.29) is 68.0 Å². The number of benzene rings is 3. The van der Waals surface area contributed by atoms with Crippen molar-refractivity contribution in [2.75, 3.05) is 17.6 Å². The molecule has 3 aromatic rings. The highest BCUT2D eigenvalue weighted by atomic mass is 32.2. The van der Waals surface area contributed by atoms with Gasteiger partial charge in [0, 0.05) is 24.3 Å². The standard InChI is InChI=1S/C36H42N6O7S/c37-17-7-12-29(41-36(48)49-27-15-13-23(14-16-27)18-28(38)34(46)40-26-10-5-2-6-11-26)30(43)19-25(33(39)45)22-50-31-20-32(44)42(35(31)47)21-24-8-3-1-4-9-24/h1-6,8-11,13-16,25,28-29,31H,7,12,17-22,37-38H2,(H2,39,45)(H,40,46)(H,41,48)/t25-,28-,29-,31?/m0/s1. The van der Waals surface area contributed by atoms with Crippen LogP contribution in [0.4, 0.5) is 10.5 Å². The van der Waals surface area contributed by atoms with Crippen LogP contribution in [0.3, 0.4) is 0 Å². The Morgan fingerprint density at radius 2 is 1.58 bits per heavy atom. The van der Waals surface area contributed by atoms with Gasteiger partial charge in [-0.05, 0) is 61.2 Å². The van der Waals surface area contributed by atoms with E-state index in [1.807, 2.05) is 36.4 Å². The van der Waals surface area contributed by atoms with E-state index in [0.29, 0.717) is 12.1 Å². The second kappa shape index (κ2) is 18.6. The molecule has 13 nitrogen and oxygen atoms in total. The van der Waals surface area contributed by atoms with Gasteiger partial charge < -0.3 is 32.6 Å². The lowest BCUT2D eigenvalue weighted by Crippen LogP contribution is -2.44. The quantitative estimate of drug-likeness (QED) is 0.122. The molecular formula is C36H42N6O7S. The number of hydrogen-bond donors (Lipinski definition) is 5. The molecule has 1 unspecified atom stereocenters. The van der Waals surface area contributed by atoms with Crippen molar-refractivity contribution in [2.24, 2.45) is 23.1 Å². The van der Waals surface area contributed by atoms with Gasteiger partial charge in [0.2, 0.25) is 23.6 Å². The van der Waals surface area contributed by atoms with Crippen LogP contribution >= 0.6 is 11.8 Å². The number of nitrogens with two attached hydrogens (primary N) is 3. The molecule has 0 radical (unpaired) electrons. The molecule has 1 aliphatic heterocycles. The number of nitrogens with one attached hydrogen (secondary N) is 2. The maximum Gasteiger partial charge on any atom is 0.413 e. The molecular weight excluding hydrogens is 660 g/mol. The van der Waals surface area contributed by atoms with Crippen molar-refractivity contribution in [2.45, 2.75) is 56.0 Å². The maximum absolute atomic E-state index is 13.3.